The lowest BCUT2D eigenvalue weighted by Crippen LogP contribution is -2.20. The number of aliphatic hydroxyl groups excluding tert-OH is 2. The van der Waals surface area contributed by atoms with Gasteiger partial charge in [0.05, 0.1) is 13.2 Å². The molecule has 0 fully saturated rings. The van der Waals surface area contributed by atoms with Crippen LogP contribution in [0.2, 0.25) is 0 Å². The van der Waals surface area contributed by atoms with Gasteiger partial charge in [0.2, 0.25) is 0 Å². The maximum Gasteiger partial charge on any atom is 0.303 e. The van der Waals surface area contributed by atoms with E-state index in [9.17, 15) is 24.0 Å². The molecule has 0 heterocycles. The molecule has 304 valence electrons. The number of carboxylic acid groups (broad SMARTS) is 5. The van der Waals surface area contributed by atoms with E-state index >= 15 is 0 Å². The highest BCUT2D eigenvalue weighted by Crippen LogP contribution is 2.14. The summed E-state index contributed by atoms with van der Waals surface area (Å²) in [4.78, 5) is 50.4. The Bertz CT molecular complexity index is 772. The normalized spacial score (nSPS) is 10.5. The molecule has 12 heteroatoms. The van der Waals surface area contributed by atoms with Crippen LogP contribution in [0.3, 0.4) is 0 Å². The zero-order valence-corrected chi connectivity index (χ0v) is 32.4. The maximum atomic E-state index is 10.3. The van der Waals surface area contributed by atoms with Crippen molar-refractivity contribution in [2.45, 2.75) is 201 Å². The Labute approximate surface area is 308 Å². The van der Waals surface area contributed by atoms with Crippen LogP contribution in [0.1, 0.15) is 201 Å². The monoisotopic (exact) mass is 737 g/mol. The molecule has 51 heavy (non-hydrogen) atoms. The summed E-state index contributed by atoms with van der Waals surface area (Å²) < 4.78 is 0. The minimum Gasteiger partial charge on any atom is -0.481 e. The van der Waals surface area contributed by atoms with E-state index in [1.54, 1.807) is 13.8 Å². The van der Waals surface area contributed by atoms with Crippen LogP contribution < -0.4 is 0 Å². The van der Waals surface area contributed by atoms with Crippen molar-refractivity contribution in [1.29, 1.82) is 0 Å². The van der Waals surface area contributed by atoms with Crippen LogP contribution in [0.5, 0.6) is 0 Å². The van der Waals surface area contributed by atoms with Crippen molar-refractivity contribution in [3.63, 3.8) is 0 Å². The molecule has 7 N–H and O–H groups in total. The molecular formula is C39H76O12. The zero-order chi connectivity index (χ0) is 39.6. The summed E-state index contributed by atoms with van der Waals surface area (Å²) in [5.74, 6) is -3.87. The van der Waals surface area contributed by atoms with Crippen molar-refractivity contribution in [2.24, 2.45) is 5.41 Å². The van der Waals surface area contributed by atoms with Crippen molar-refractivity contribution in [3.8, 4) is 0 Å². The molecule has 0 amide bonds. The van der Waals surface area contributed by atoms with Gasteiger partial charge in [0.25, 0.3) is 0 Å². The SMILES string of the molecule is CC(C)(CO)CO.CCCCCCCCCCCCCCCCCC(=O)O.O=C(O)CCCCC(=O)O.O=C(O)CCCCCCCCC(=O)O. The van der Waals surface area contributed by atoms with Crippen LogP contribution in [0, 0.1) is 5.41 Å². The molecule has 0 atom stereocenters. The van der Waals surface area contributed by atoms with Crippen molar-refractivity contribution >= 4 is 29.8 Å². The molecule has 0 radical (unpaired) electrons. The number of carboxylic acids is 5. The fourth-order valence-electron chi connectivity index (χ4n) is 4.51. The van der Waals surface area contributed by atoms with Crippen LogP contribution in [-0.2, 0) is 24.0 Å². The van der Waals surface area contributed by atoms with E-state index in [0.29, 0.717) is 19.3 Å². The standard InChI is InChI=1S/C18H36O2.C10H18O4.C6H10O4.C5H12O2/c1-2-3-4-5-6-7-8-9-10-11-12-13-14-15-16-17-18(19)20;11-9(12)7-5-3-1-2-4-6-8-10(13)14;7-5(8)3-1-2-4-6(9)10;1-5(2,3-6)4-7/h2-17H2,1H3,(H,19,20);1-8H2,(H,11,12)(H,13,14);1-4H2,(H,7,8)(H,9,10);6-7H,3-4H2,1-2H3. The van der Waals surface area contributed by atoms with E-state index in [1.165, 1.54) is 83.5 Å². The lowest BCUT2D eigenvalue weighted by atomic mass is 9.97. The number of aliphatic hydroxyl groups is 2. The minimum atomic E-state index is -0.870. The van der Waals surface area contributed by atoms with Crippen LogP contribution in [0.25, 0.3) is 0 Å². The summed E-state index contributed by atoms with van der Waals surface area (Å²) in [6.07, 6.45) is 27.0. The average Bonchev–Trinajstić information content (AvgIpc) is 3.06. The van der Waals surface area contributed by atoms with Gasteiger partial charge in [0, 0.05) is 37.5 Å². The molecule has 0 aromatic heterocycles. The molecular weight excluding hydrogens is 660 g/mol. The summed E-state index contributed by atoms with van der Waals surface area (Å²) in [6, 6.07) is 0. The van der Waals surface area contributed by atoms with Crippen molar-refractivity contribution < 1.29 is 59.7 Å². The Balaban J connectivity index is -0.000000310. The summed E-state index contributed by atoms with van der Waals surface area (Å²) in [7, 11) is 0. The van der Waals surface area contributed by atoms with Crippen molar-refractivity contribution in [2.75, 3.05) is 13.2 Å². The van der Waals surface area contributed by atoms with Gasteiger partial charge in [-0.05, 0) is 32.1 Å². The van der Waals surface area contributed by atoms with E-state index in [0.717, 1.165) is 51.4 Å². The van der Waals surface area contributed by atoms with Gasteiger partial charge >= 0.3 is 29.8 Å². The maximum absolute atomic E-state index is 10.3. The van der Waals surface area contributed by atoms with Crippen LogP contribution in [0.15, 0.2) is 0 Å². The number of unbranched alkanes of at least 4 members (excludes halogenated alkanes) is 20. The minimum absolute atomic E-state index is 0.0451. The largest absolute Gasteiger partial charge is 0.481 e. The smallest absolute Gasteiger partial charge is 0.303 e. The molecule has 0 aliphatic carbocycles. The third kappa shape index (κ3) is 66.1. The molecule has 0 saturated carbocycles. The highest BCUT2D eigenvalue weighted by molar-refractivity contribution is 5.68. The van der Waals surface area contributed by atoms with E-state index < -0.39 is 29.8 Å². The molecule has 0 saturated heterocycles. The Morgan fingerprint density at radius 2 is 0.490 bits per heavy atom. The average molecular weight is 737 g/mol. The molecule has 12 nitrogen and oxygen atoms in total. The third-order valence-electron chi connectivity index (χ3n) is 7.91. The number of hydrogen-bond donors (Lipinski definition) is 7. The van der Waals surface area contributed by atoms with Gasteiger partial charge < -0.3 is 35.7 Å². The van der Waals surface area contributed by atoms with Gasteiger partial charge in [-0.15, -0.1) is 0 Å². The fourth-order valence-corrected chi connectivity index (χ4v) is 4.51. The first kappa shape index (κ1) is 55.0. The number of hydrogen-bond acceptors (Lipinski definition) is 7. The van der Waals surface area contributed by atoms with Gasteiger partial charge in [0.1, 0.15) is 0 Å². The third-order valence-corrected chi connectivity index (χ3v) is 7.91. The van der Waals surface area contributed by atoms with E-state index in [1.807, 2.05) is 0 Å². The Morgan fingerprint density at radius 1 is 0.333 bits per heavy atom. The van der Waals surface area contributed by atoms with Crippen LogP contribution >= 0.6 is 0 Å². The summed E-state index contributed by atoms with van der Waals surface area (Å²) in [6.45, 7) is 5.96. The predicted octanol–water partition coefficient (Wildman–Crippen LogP) is 9.32. The number of rotatable bonds is 32. The predicted molar refractivity (Wildman–Crippen MR) is 201 cm³/mol. The Morgan fingerprint density at radius 3 is 0.627 bits per heavy atom. The lowest BCUT2D eigenvalue weighted by Gasteiger charge is -2.16. The molecule has 0 aromatic carbocycles. The van der Waals surface area contributed by atoms with Crippen molar-refractivity contribution in [1.82, 2.24) is 0 Å². The fraction of sp³-hybridized carbons (Fsp3) is 0.872. The summed E-state index contributed by atoms with van der Waals surface area (Å²) in [5.41, 5.74) is -0.306. The Hall–Kier alpha value is -2.73. The first-order valence-corrected chi connectivity index (χ1v) is 19.5. The van der Waals surface area contributed by atoms with Crippen LogP contribution in [0.4, 0.5) is 0 Å². The van der Waals surface area contributed by atoms with E-state index in [4.69, 9.17) is 35.7 Å². The molecule has 0 aliphatic rings. The molecule has 0 bridgehead atoms. The van der Waals surface area contributed by atoms with E-state index in [-0.39, 0.29) is 44.3 Å². The van der Waals surface area contributed by atoms with Gasteiger partial charge in [-0.1, -0.05) is 136 Å². The summed E-state index contributed by atoms with van der Waals surface area (Å²) >= 11 is 0. The second-order valence-electron chi connectivity index (χ2n) is 14.0. The number of carbonyl (C=O) groups is 5. The molecule has 0 aromatic rings. The van der Waals surface area contributed by atoms with Gasteiger partial charge in [0.15, 0.2) is 0 Å². The van der Waals surface area contributed by atoms with Gasteiger partial charge in [-0.3, -0.25) is 24.0 Å². The second kappa shape index (κ2) is 43.4. The first-order valence-electron chi connectivity index (χ1n) is 19.5. The molecule has 0 unspecified atom stereocenters. The quantitative estimate of drug-likeness (QED) is 0.0321. The zero-order valence-electron chi connectivity index (χ0n) is 32.4. The lowest BCUT2D eigenvalue weighted by molar-refractivity contribution is -0.139. The first-order chi connectivity index (χ1) is 24.1. The summed E-state index contributed by atoms with van der Waals surface area (Å²) in [5, 5.41) is 58.3. The van der Waals surface area contributed by atoms with Gasteiger partial charge in [-0.2, -0.15) is 0 Å². The van der Waals surface area contributed by atoms with E-state index in [2.05, 4.69) is 6.92 Å². The highest BCUT2D eigenvalue weighted by atomic mass is 16.4. The molecule has 0 spiro atoms. The second-order valence-corrected chi connectivity index (χ2v) is 14.0. The van der Waals surface area contributed by atoms with Crippen molar-refractivity contribution in [3.05, 3.63) is 0 Å². The molecule has 0 aliphatic heterocycles. The molecule has 0 rings (SSSR count). The number of aliphatic carboxylic acids is 5. The highest BCUT2D eigenvalue weighted by Gasteiger charge is 2.13. The topological polar surface area (TPSA) is 227 Å². The van der Waals surface area contributed by atoms with Gasteiger partial charge in [-0.25, -0.2) is 0 Å². The Kier molecular flexibility index (Phi) is 46.9. The van der Waals surface area contributed by atoms with Crippen LogP contribution in [-0.4, -0.2) is 78.8 Å².